The van der Waals surface area contributed by atoms with Gasteiger partial charge in [-0.1, -0.05) is 19.3 Å². The molecule has 0 heterocycles. The van der Waals surface area contributed by atoms with E-state index in [1.807, 2.05) is 0 Å². The molecule has 0 amide bonds. The van der Waals surface area contributed by atoms with Crippen molar-refractivity contribution < 1.29 is 19.8 Å². The van der Waals surface area contributed by atoms with E-state index in [4.69, 9.17) is 10.2 Å². The van der Waals surface area contributed by atoms with Crippen LogP contribution in [0.5, 0.6) is 0 Å². The van der Waals surface area contributed by atoms with Gasteiger partial charge in [0.15, 0.2) is 0 Å². The van der Waals surface area contributed by atoms with E-state index in [9.17, 15) is 9.59 Å². The van der Waals surface area contributed by atoms with Gasteiger partial charge in [0.2, 0.25) is 0 Å². The molecule has 92 valence electrons. The molecule has 0 spiro atoms. The van der Waals surface area contributed by atoms with Gasteiger partial charge >= 0.3 is 11.9 Å². The van der Waals surface area contributed by atoms with E-state index in [1.54, 1.807) is 0 Å². The minimum Gasteiger partial charge on any atom is -0.481 e. The van der Waals surface area contributed by atoms with Crippen LogP contribution in [0.4, 0.5) is 0 Å². The lowest BCUT2D eigenvalue weighted by molar-refractivity contribution is -0.141. The topological polar surface area (TPSA) is 86.6 Å². The highest BCUT2D eigenvalue weighted by molar-refractivity contribution is 5.75. The number of rotatable bonds is 6. The summed E-state index contributed by atoms with van der Waals surface area (Å²) in [5, 5.41) is 20.5. The van der Waals surface area contributed by atoms with Gasteiger partial charge in [-0.25, -0.2) is 0 Å². The molecule has 0 bridgehead atoms. The zero-order valence-electron chi connectivity index (χ0n) is 9.32. The van der Waals surface area contributed by atoms with Crippen molar-refractivity contribution in [3.63, 3.8) is 0 Å². The maximum Gasteiger partial charge on any atom is 0.320 e. The maximum absolute atomic E-state index is 10.9. The number of aliphatic carboxylic acids is 2. The first-order valence-electron chi connectivity index (χ1n) is 5.80. The summed E-state index contributed by atoms with van der Waals surface area (Å²) in [6, 6.07) is -0.483. The number of carboxylic acid groups (broad SMARTS) is 2. The Labute approximate surface area is 94.8 Å². The van der Waals surface area contributed by atoms with Gasteiger partial charge in [0.05, 0.1) is 0 Å². The molecule has 5 nitrogen and oxygen atoms in total. The first-order valence-corrected chi connectivity index (χ1v) is 5.80. The van der Waals surface area contributed by atoms with Crippen LogP contribution < -0.4 is 5.32 Å². The average Bonchev–Trinajstić information content (AvgIpc) is 2.25. The van der Waals surface area contributed by atoms with Gasteiger partial charge in [-0.05, 0) is 19.3 Å². The summed E-state index contributed by atoms with van der Waals surface area (Å²) in [5.41, 5.74) is 0. The van der Waals surface area contributed by atoms with Gasteiger partial charge in [0.25, 0.3) is 0 Å². The fourth-order valence-electron chi connectivity index (χ4n) is 2.10. The molecule has 1 aliphatic carbocycles. The lowest BCUT2D eigenvalue weighted by Crippen LogP contribution is -2.44. The molecule has 1 unspecified atom stereocenters. The largest absolute Gasteiger partial charge is 0.481 e. The highest BCUT2D eigenvalue weighted by Crippen LogP contribution is 2.18. The van der Waals surface area contributed by atoms with E-state index in [-0.39, 0.29) is 18.9 Å². The van der Waals surface area contributed by atoms with E-state index < -0.39 is 18.0 Å². The molecule has 0 aliphatic heterocycles. The van der Waals surface area contributed by atoms with Gasteiger partial charge in [0, 0.05) is 12.5 Å². The minimum absolute atomic E-state index is 0.101. The summed E-state index contributed by atoms with van der Waals surface area (Å²) >= 11 is 0. The molecule has 1 saturated carbocycles. The molecule has 3 N–H and O–H groups in total. The Morgan fingerprint density at radius 2 is 1.81 bits per heavy atom. The van der Waals surface area contributed by atoms with Gasteiger partial charge in [0.1, 0.15) is 6.04 Å². The zero-order valence-corrected chi connectivity index (χ0v) is 9.32. The SMILES string of the molecule is O=C(O)CCC(NC1CCCCC1)C(=O)O. The lowest BCUT2D eigenvalue weighted by atomic mass is 9.94. The predicted molar refractivity (Wildman–Crippen MR) is 58.3 cm³/mol. The molecule has 16 heavy (non-hydrogen) atoms. The molecule has 1 rings (SSSR count). The van der Waals surface area contributed by atoms with Crippen molar-refractivity contribution >= 4 is 11.9 Å². The van der Waals surface area contributed by atoms with Gasteiger partial charge < -0.3 is 15.5 Å². The van der Waals surface area contributed by atoms with Crippen LogP contribution in [-0.4, -0.2) is 34.2 Å². The summed E-state index contributed by atoms with van der Waals surface area (Å²) < 4.78 is 0. The average molecular weight is 229 g/mol. The van der Waals surface area contributed by atoms with Crippen LogP contribution in [0.1, 0.15) is 44.9 Å². The molecule has 0 radical (unpaired) electrons. The third-order valence-electron chi connectivity index (χ3n) is 2.99. The Hall–Kier alpha value is -1.10. The van der Waals surface area contributed by atoms with Gasteiger partial charge in [-0.3, -0.25) is 9.59 Å². The summed E-state index contributed by atoms with van der Waals surface area (Å²) in [6.07, 6.45) is 5.52. The maximum atomic E-state index is 10.9. The number of hydrogen-bond donors (Lipinski definition) is 3. The fraction of sp³-hybridized carbons (Fsp3) is 0.818. The van der Waals surface area contributed by atoms with Gasteiger partial charge in [-0.2, -0.15) is 0 Å². The van der Waals surface area contributed by atoms with Crippen molar-refractivity contribution in [3.05, 3.63) is 0 Å². The smallest absolute Gasteiger partial charge is 0.320 e. The van der Waals surface area contributed by atoms with Crippen molar-refractivity contribution in [3.8, 4) is 0 Å². The second-order valence-corrected chi connectivity index (χ2v) is 4.32. The van der Waals surface area contributed by atoms with Crippen molar-refractivity contribution in [2.45, 2.75) is 57.0 Å². The Kier molecular flexibility index (Phi) is 5.25. The Morgan fingerprint density at radius 3 is 2.31 bits per heavy atom. The minimum atomic E-state index is -0.952. The molecule has 0 aromatic heterocycles. The van der Waals surface area contributed by atoms with Crippen molar-refractivity contribution in [2.75, 3.05) is 0 Å². The molecule has 0 aromatic carbocycles. The van der Waals surface area contributed by atoms with E-state index in [2.05, 4.69) is 5.32 Å². The van der Waals surface area contributed by atoms with Gasteiger partial charge in [-0.15, -0.1) is 0 Å². The number of carbonyl (C=O) groups is 2. The first-order chi connectivity index (χ1) is 7.59. The lowest BCUT2D eigenvalue weighted by Gasteiger charge is -2.26. The van der Waals surface area contributed by atoms with Crippen LogP contribution in [-0.2, 0) is 9.59 Å². The van der Waals surface area contributed by atoms with Crippen LogP contribution in [0.25, 0.3) is 0 Å². The van der Waals surface area contributed by atoms with Crippen LogP contribution in [0, 0.1) is 0 Å². The highest BCUT2D eigenvalue weighted by Gasteiger charge is 2.23. The number of hydrogen-bond acceptors (Lipinski definition) is 3. The van der Waals surface area contributed by atoms with E-state index in [1.165, 1.54) is 6.42 Å². The highest BCUT2D eigenvalue weighted by atomic mass is 16.4. The van der Waals surface area contributed by atoms with Crippen molar-refractivity contribution in [2.24, 2.45) is 0 Å². The molecular formula is C11H19NO4. The van der Waals surface area contributed by atoms with E-state index >= 15 is 0 Å². The summed E-state index contributed by atoms with van der Waals surface area (Å²) in [6.45, 7) is 0. The van der Waals surface area contributed by atoms with Crippen LogP contribution >= 0.6 is 0 Å². The first kappa shape index (κ1) is 13.0. The summed E-state index contributed by atoms with van der Waals surface area (Å²) in [4.78, 5) is 21.3. The summed E-state index contributed by atoms with van der Waals surface area (Å²) in [7, 11) is 0. The predicted octanol–water partition coefficient (Wildman–Crippen LogP) is 1.23. The molecule has 0 saturated heterocycles. The monoisotopic (exact) mass is 229 g/mol. The quantitative estimate of drug-likeness (QED) is 0.637. The fourth-order valence-corrected chi connectivity index (χ4v) is 2.10. The third kappa shape index (κ3) is 4.61. The molecule has 1 aliphatic rings. The molecule has 1 fully saturated rings. The van der Waals surface area contributed by atoms with E-state index in [0.29, 0.717) is 0 Å². The number of carboxylic acids is 2. The van der Waals surface area contributed by atoms with Crippen LogP contribution in [0.2, 0.25) is 0 Å². The van der Waals surface area contributed by atoms with Crippen molar-refractivity contribution in [1.29, 1.82) is 0 Å². The molecule has 0 aromatic rings. The molecule has 5 heteroatoms. The molecular weight excluding hydrogens is 210 g/mol. The Bertz CT molecular complexity index is 248. The van der Waals surface area contributed by atoms with E-state index in [0.717, 1.165) is 25.7 Å². The summed E-state index contributed by atoms with van der Waals surface area (Å²) in [5.74, 6) is -1.90. The second-order valence-electron chi connectivity index (χ2n) is 4.32. The Morgan fingerprint density at radius 1 is 1.19 bits per heavy atom. The number of nitrogens with one attached hydrogen (secondary N) is 1. The third-order valence-corrected chi connectivity index (χ3v) is 2.99. The van der Waals surface area contributed by atoms with Crippen LogP contribution in [0.3, 0.4) is 0 Å². The van der Waals surface area contributed by atoms with Crippen molar-refractivity contribution in [1.82, 2.24) is 5.32 Å². The standard InChI is InChI=1S/C11H19NO4/c13-10(14)7-6-9(11(15)16)12-8-4-2-1-3-5-8/h8-9,12H,1-7H2,(H,13,14)(H,15,16). The molecule has 1 atom stereocenters. The normalized spacial score (nSPS) is 19.2. The second kappa shape index (κ2) is 6.48. The van der Waals surface area contributed by atoms with Crippen LogP contribution in [0.15, 0.2) is 0 Å². The zero-order chi connectivity index (χ0) is 12.0. The Balaban J connectivity index is 2.37.